The van der Waals surface area contributed by atoms with Gasteiger partial charge in [-0.3, -0.25) is 4.90 Å². The van der Waals surface area contributed by atoms with Gasteiger partial charge in [0.25, 0.3) is 0 Å². The van der Waals surface area contributed by atoms with Crippen molar-refractivity contribution in [2.45, 2.75) is 50.4 Å². The number of hydrogen-bond acceptors (Lipinski definition) is 8. The van der Waals surface area contributed by atoms with Gasteiger partial charge in [-0.15, -0.1) is 0 Å². The molecule has 2 bridgehead atoms. The lowest BCUT2D eigenvalue weighted by Crippen LogP contribution is -2.43. The van der Waals surface area contributed by atoms with Gasteiger partial charge >= 0.3 is 0 Å². The summed E-state index contributed by atoms with van der Waals surface area (Å²) in [5.74, 6) is 1.42. The smallest absolute Gasteiger partial charge is 0.163 e. The molecule has 3 aliphatic heterocycles. The first-order valence-corrected chi connectivity index (χ1v) is 13.7. The first kappa shape index (κ1) is 25.6. The summed E-state index contributed by atoms with van der Waals surface area (Å²) in [5.41, 5.74) is 1.34. The van der Waals surface area contributed by atoms with Gasteiger partial charge in [-0.25, -0.2) is 14.4 Å². The van der Waals surface area contributed by atoms with Gasteiger partial charge in [0, 0.05) is 49.6 Å². The predicted octanol–water partition coefficient (Wildman–Crippen LogP) is 5.36. The number of benzene rings is 2. The Morgan fingerprint density at radius 2 is 1.84 bits per heavy atom. The summed E-state index contributed by atoms with van der Waals surface area (Å²) in [6.07, 6.45) is 7.23. The third kappa shape index (κ3) is 5.96. The summed E-state index contributed by atoms with van der Waals surface area (Å²) >= 11 is 5.98. The van der Waals surface area contributed by atoms with E-state index in [0.29, 0.717) is 55.0 Å². The number of anilines is 2. The molecule has 4 heterocycles. The van der Waals surface area contributed by atoms with Crippen molar-refractivity contribution in [1.82, 2.24) is 14.9 Å². The molecule has 3 aromatic rings. The van der Waals surface area contributed by atoms with Crippen LogP contribution in [0.1, 0.15) is 32.1 Å². The van der Waals surface area contributed by atoms with Crippen LogP contribution in [-0.2, 0) is 9.47 Å². The number of fused-ring (bicyclic) bond motifs is 3. The minimum Gasteiger partial charge on any atom is -0.490 e. The first-order valence-electron chi connectivity index (χ1n) is 13.4. The fourth-order valence-electron chi connectivity index (χ4n) is 5.40. The van der Waals surface area contributed by atoms with Gasteiger partial charge in [0.05, 0.1) is 42.6 Å². The molecule has 202 valence electrons. The molecule has 1 N–H and O–H groups in total. The minimum atomic E-state index is -0.473. The van der Waals surface area contributed by atoms with E-state index in [2.05, 4.69) is 20.2 Å². The molecule has 3 fully saturated rings. The van der Waals surface area contributed by atoms with Crippen molar-refractivity contribution in [3.05, 3.63) is 47.5 Å². The van der Waals surface area contributed by atoms with E-state index in [-0.39, 0.29) is 11.1 Å². The molecule has 2 atom stereocenters. The van der Waals surface area contributed by atoms with E-state index in [4.69, 9.17) is 30.5 Å². The number of morpholine rings is 1. The first-order chi connectivity index (χ1) is 18.6. The van der Waals surface area contributed by atoms with Gasteiger partial charge in [-0.05, 0) is 43.5 Å². The van der Waals surface area contributed by atoms with E-state index in [1.807, 2.05) is 12.1 Å². The van der Waals surface area contributed by atoms with E-state index < -0.39 is 5.82 Å². The molecule has 0 radical (unpaired) electrons. The highest BCUT2D eigenvalue weighted by molar-refractivity contribution is 6.31. The van der Waals surface area contributed by atoms with Crippen LogP contribution in [0.25, 0.3) is 10.9 Å². The van der Waals surface area contributed by atoms with E-state index in [0.717, 1.165) is 49.8 Å². The second-order valence-electron chi connectivity index (χ2n) is 10.1. The quantitative estimate of drug-likeness (QED) is 0.362. The lowest BCUT2D eigenvalue weighted by molar-refractivity contribution is -0.0391. The molecule has 10 heteroatoms. The van der Waals surface area contributed by atoms with Crippen LogP contribution in [0, 0.1) is 5.82 Å². The number of nitrogens with one attached hydrogen (secondary N) is 1. The summed E-state index contributed by atoms with van der Waals surface area (Å²) in [7, 11) is 0. The summed E-state index contributed by atoms with van der Waals surface area (Å²) < 4.78 is 37.8. The molecule has 2 aromatic carbocycles. The maximum atomic E-state index is 13.6. The number of ether oxygens (including phenoxy) is 4. The number of rotatable bonds is 9. The predicted molar refractivity (Wildman–Crippen MR) is 143 cm³/mol. The zero-order valence-corrected chi connectivity index (χ0v) is 22.0. The molecule has 0 saturated carbocycles. The molecule has 38 heavy (non-hydrogen) atoms. The fourth-order valence-corrected chi connectivity index (χ4v) is 5.59. The Labute approximate surface area is 226 Å². The zero-order chi connectivity index (χ0) is 25.9. The number of likely N-dealkylation sites (tertiary alicyclic amines) is 1. The average Bonchev–Trinajstić information content (AvgIpc) is 3.27. The minimum absolute atomic E-state index is 0.0392. The summed E-state index contributed by atoms with van der Waals surface area (Å²) in [6, 6.07) is 8.30. The van der Waals surface area contributed by atoms with Gasteiger partial charge in [-0.1, -0.05) is 11.6 Å². The molecule has 3 aliphatic rings. The molecule has 0 spiro atoms. The average molecular weight is 543 g/mol. The monoisotopic (exact) mass is 542 g/mol. The Hall–Kier alpha value is -2.72. The highest BCUT2D eigenvalue weighted by Gasteiger charge is 2.33. The Bertz CT molecular complexity index is 1260. The van der Waals surface area contributed by atoms with Crippen molar-refractivity contribution in [1.29, 1.82) is 0 Å². The molecule has 8 nitrogen and oxygen atoms in total. The van der Waals surface area contributed by atoms with Crippen LogP contribution in [0.5, 0.6) is 11.5 Å². The molecule has 0 aliphatic carbocycles. The van der Waals surface area contributed by atoms with Crippen LogP contribution < -0.4 is 14.8 Å². The van der Waals surface area contributed by atoms with Crippen LogP contribution in [-0.4, -0.2) is 72.6 Å². The summed E-state index contributed by atoms with van der Waals surface area (Å²) in [6.45, 7) is 4.94. The standard InChI is InChI=1S/C28H32ClFN4O4/c29-23-12-18(2-5-24(23)30)33-28-22-13-27(38-19-6-10-35-11-7-19)26(14-25(22)31-17-32-28)36-9-1-8-34-15-20-3-4-21(16-34)37-20/h2,5,12-14,17,19-21H,1,3-4,6-11,15-16H2,(H,31,32,33). The Morgan fingerprint density at radius 3 is 2.63 bits per heavy atom. The van der Waals surface area contributed by atoms with E-state index >= 15 is 0 Å². The number of halogens is 2. The van der Waals surface area contributed by atoms with Crippen LogP contribution in [0.3, 0.4) is 0 Å². The lowest BCUT2D eigenvalue weighted by Gasteiger charge is -2.32. The highest BCUT2D eigenvalue weighted by Crippen LogP contribution is 2.37. The number of hydrogen-bond donors (Lipinski definition) is 1. The third-order valence-corrected chi connectivity index (χ3v) is 7.63. The van der Waals surface area contributed by atoms with E-state index in [9.17, 15) is 4.39 Å². The zero-order valence-electron chi connectivity index (χ0n) is 21.2. The number of aromatic nitrogens is 2. The molecular formula is C28H32ClFN4O4. The van der Waals surface area contributed by atoms with Gasteiger partial charge in [0.15, 0.2) is 11.5 Å². The summed E-state index contributed by atoms with van der Waals surface area (Å²) in [4.78, 5) is 11.4. The molecule has 2 unspecified atom stereocenters. The van der Waals surface area contributed by atoms with Gasteiger partial charge in [-0.2, -0.15) is 0 Å². The van der Waals surface area contributed by atoms with Crippen molar-refractivity contribution < 1.29 is 23.3 Å². The van der Waals surface area contributed by atoms with Crippen molar-refractivity contribution in [3.8, 4) is 11.5 Å². The van der Waals surface area contributed by atoms with Crippen molar-refractivity contribution in [2.24, 2.45) is 0 Å². The maximum absolute atomic E-state index is 13.6. The van der Waals surface area contributed by atoms with E-state index in [1.54, 1.807) is 6.07 Å². The molecule has 3 saturated heterocycles. The van der Waals surface area contributed by atoms with E-state index in [1.165, 1.54) is 31.3 Å². The van der Waals surface area contributed by atoms with Crippen LogP contribution in [0.15, 0.2) is 36.7 Å². The van der Waals surface area contributed by atoms with Gasteiger partial charge in [0.1, 0.15) is 24.1 Å². The second kappa shape index (κ2) is 11.6. The third-order valence-electron chi connectivity index (χ3n) is 7.34. The Kier molecular flexibility index (Phi) is 7.78. The Morgan fingerprint density at radius 1 is 1.03 bits per heavy atom. The van der Waals surface area contributed by atoms with Crippen molar-refractivity contribution >= 4 is 34.0 Å². The molecule has 0 amide bonds. The van der Waals surface area contributed by atoms with Crippen LogP contribution >= 0.6 is 11.6 Å². The van der Waals surface area contributed by atoms with Crippen LogP contribution in [0.4, 0.5) is 15.9 Å². The Balaban J connectivity index is 1.20. The SMILES string of the molecule is Fc1ccc(Nc2ncnc3cc(OCCCN4CC5CCC(C4)O5)c(OC4CCOCC4)cc23)cc1Cl. The highest BCUT2D eigenvalue weighted by atomic mass is 35.5. The summed E-state index contributed by atoms with van der Waals surface area (Å²) in [5, 5.41) is 4.04. The number of nitrogens with zero attached hydrogens (tertiary/aromatic N) is 3. The lowest BCUT2D eigenvalue weighted by atomic mass is 10.1. The van der Waals surface area contributed by atoms with Gasteiger partial charge < -0.3 is 24.3 Å². The second-order valence-corrected chi connectivity index (χ2v) is 10.5. The topological polar surface area (TPSA) is 78.0 Å². The fraction of sp³-hybridized carbons (Fsp3) is 0.500. The molecule has 1 aromatic heterocycles. The normalized spacial score (nSPS) is 22.1. The van der Waals surface area contributed by atoms with Crippen LogP contribution in [0.2, 0.25) is 5.02 Å². The maximum Gasteiger partial charge on any atom is 0.163 e. The van der Waals surface area contributed by atoms with Crippen molar-refractivity contribution in [2.75, 3.05) is 44.8 Å². The van der Waals surface area contributed by atoms with Crippen molar-refractivity contribution in [3.63, 3.8) is 0 Å². The molecular weight excluding hydrogens is 511 g/mol. The largest absolute Gasteiger partial charge is 0.490 e. The van der Waals surface area contributed by atoms with Gasteiger partial charge in [0.2, 0.25) is 0 Å². The molecule has 6 rings (SSSR count).